The highest BCUT2D eigenvalue weighted by Crippen LogP contribution is 2.29. The maximum absolute atomic E-state index is 5.31. The molecule has 0 saturated heterocycles. The second-order valence-corrected chi connectivity index (χ2v) is 6.56. The Hall–Kier alpha value is -0.410. The van der Waals surface area contributed by atoms with Gasteiger partial charge in [0.25, 0.3) is 0 Å². The molecule has 0 spiro atoms. The standard InChI is InChI=1S/C15H26N4OS.HI/c1-6-16-15(18-13-7-10(13)2)19(4)8-12-9-21-14(17-12)11(3)20-5;/h9-11,13H,6-8H2,1-5H3,(H,16,18);1H. The van der Waals surface area contributed by atoms with Gasteiger partial charge in [-0.05, 0) is 26.2 Å². The van der Waals surface area contributed by atoms with Gasteiger partial charge < -0.3 is 15.0 Å². The van der Waals surface area contributed by atoms with Crippen LogP contribution in [0.25, 0.3) is 0 Å². The number of hydrogen-bond acceptors (Lipinski definition) is 4. The molecule has 126 valence electrons. The Morgan fingerprint density at radius 3 is 2.86 bits per heavy atom. The van der Waals surface area contributed by atoms with E-state index < -0.39 is 0 Å². The van der Waals surface area contributed by atoms with Gasteiger partial charge in [-0.1, -0.05) is 6.92 Å². The molecular formula is C15H27IN4OS. The average molecular weight is 438 g/mol. The number of rotatable bonds is 6. The first-order chi connectivity index (χ1) is 10.0. The van der Waals surface area contributed by atoms with E-state index in [-0.39, 0.29) is 30.1 Å². The van der Waals surface area contributed by atoms with Gasteiger partial charge in [0.15, 0.2) is 5.96 Å². The van der Waals surface area contributed by atoms with E-state index in [1.807, 2.05) is 6.92 Å². The van der Waals surface area contributed by atoms with Crippen LogP contribution in [-0.4, -0.2) is 42.6 Å². The number of nitrogens with one attached hydrogen (secondary N) is 1. The van der Waals surface area contributed by atoms with Crippen molar-refractivity contribution in [3.05, 3.63) is 16.1 Å². The summed E-state index contributed by atoms with van der Waals surface area (Å²) in [6, 6.07) is 0.581. The first kappa shape index (κ1) is 19.6. The number of aromatic nitrogens is 1. The number of halogens is 1. The topological polar surface area (TPSA) is 49.8 Å². The minimum Gasteiger partial charge on any atom is -0.375 e. The Morgan fingerprint density at radius 2 is 2.32 bits per heavy atom. The van der Waals surface area contributed by atoms with Crippen LogP contribution >= 0.6 is 35.3 Å². The second kappa shape index (κ2) is 9.02. The lowest BCUT2D eigenvalue weighted by Crippen LogP contribution is -2.40. The Balaban J connectivity index is 0.00000242. The van der Waals surface area contributed by atoms with Gasteiger partial charge in [-0.25, -0.2) is 4.98 Å². The molecule has 0 aromatic carbocycles. The van der Waals surface area contributed by atoms with Gasteiger partial charge in [0.1, 0.15) is 11.1 Å². The Bertz CT molecular complexity index is 494. The van der Waals surface area contributed by atoms with Crippen LogP contribution in [0.3, 0.4) is 0 Å². The molecule has 0 bridgehead atoms. The number of ether oxygens (including phenoxy) is 1. The smallest absolute Gasteiger partial charge is 0.194 e. The molecule has 3 unspecified atom stereocenters. The van der Waals surface area contributed by atoms with Crippen molar-refractivity contribution in [1.82, 2.24) is 15.2 Å². The fourth-order valence-electron chi connectivity index (χ4n) is 2.12. The maximum Gasteiger partial charge on any atom is 0.194 e. The summed E-state index contributed by atoms with van der Waals surface area (Å²) in [5.41, 5.74) is 1.07. The van der Waals surface area contributed by atoms with E-state index in [1.54, 1.807) is 18.4 Å². The van der Waals surface area contributed by atoms with Crippen molar-refractivity contribution in [3.8, 4) is 0 Å². The van der Waals surface area contributed by atoms with Crippen molar-refractivity contribution < 1.29 is 4.74 Å². The fraction of sp³-hybridized carbons (Fsp3) is 0.733. The van der Waals surface area contributed by atoms with Crippen LogP contribution in [-0.2, 0) is 11.3 Å². The van der Waals surface area contributed by atoms with Gasteiger partial charge in [-0.15, -0.1) is 35.3 Å². The number of methoxy groups -OCH3 is 1. The molecule has 0 amide bonds. The number of nitrogens with zero attached hydrogens (tertiary/aromatic N) is 3. The molecule has 1 saturated carbocycles. The van der Waals surface area contributed by atoms with Crippen LogP contribution in [0.15, 0.2) is 10.4 Å². The molecule has 1 aliphatic rings. The summed E-state index contributed by atoms with van der Waals surface area (Å²) in [5.74, 6) is 1.73. The van der Waals surface area contributed by atoms with Gasteiger partial charge in [-0.2, -0.15) is 0 Å². The third kappa shape index (κ3) is 5.34. The van der Waals surface area contributed by atoms with E-state index in [4.69, 9.17) is 4.74 Å². The molecule has 3 atom stereocenters. The quantitative estimate of drug-likeness (QED) is 0.421. The minimum atomic E-state index is 0. The average Bonchev–Trinajstić information content (AvgIpc) is 2.97. The van der Waals surface area contributed by atoms with E-state index in [0.29, 0.717) is 6.04 Å². The van der Waals surface area contributed by atoms with Crippen LogP contribution in [0.1, 0.15) is 44.0 Å². The molecular weight excluding hydrogens is 411 g/mol. The lowest BCUT2D eigenvalue weighted by Gasteiger charge is -2.21. The zero-order valence-corrected chi connectivity index (χ0v) is 17.1. The normalized spacial score (nSPS) is 22.0. The summed E-state index contributed by atoms with van der Waals surface area (Å²) in [6.45, 7) is 7.90. The van der Waals surface area contributed by atoms with Crippen molar-refractivity contribution in [2.24, 2.45) is 10.9 Å². The van der Waals surface area contributed by atoms with Crippen molar-refractivity contribution in [1.29, 1.82) is 0 Å². The van der Waals surface area contributed by atoms with Crippen LogP contribution < -0.4 is 5.32 Å². The Labute approximate surface area is 154 Å². The molecule has 2 rings (SSSR count). The van der Waals surface area contributed by atoms with Gasteiger partial charge >= 0.3 is 0 Å². The van der Waals surface area contributed by atoms with E-state index >= 15 is 0 Å². The highest BCUT2D eigenvalue weighted by molar-refractivity contribution is 14.0. The maximum atomic E-state index is 5.31. The summed E-state index contributed by atoms with van der Waals surface area (Å²) in [5, 5.41) is 6.66. The highest BCUT2D eigenvalue weighted by Gasteiger charge is 2.33. The lowest BCUT2D eigenvalue weighted by molar-refractivity contribution is 0.119. The van der Waals surface area contributed by atoms with Gasteiger partial charge in [0.05, 0.1) is 12.2 Å². The number of thiazole rings is 1. The van der Waals surface area contributed by atoms with E-state index in [9.17, 15) is 0 Å². The van der Waals surface area contributed by atoms with Crippen molar-refractivity contribution in [2.45, 2.75) is 45.9 Å². The van der Waals surface area contributed by atoms with Crippen LogP contribution in [0.2, 0.25) is 0 Å². The summed E-state index contributed by atoms with van der Waals surface area (Å²) in [4.78, 5) is 11.4. The Kier molecular flexibility index (Phi) is 8.06. The largest absolute Gasteiger partial charge is 0.375 e. The summed E-state index contributed by atoms with van der Waals surface area (Å²) in [6.07, 6.45) is 1.30. The number of guanidine groups is 1. The molecule has 22 heavy (non-hydrogen) atoms. The SMILES string of the molecule is CCN=C(NC1CC1C)N(C)Cc1csc(C(C)OC)n1.I. The van der Waals surface area contributed by atoms with Crippen LogP contribution in [0, 0.1) is 5.92 Å². The van der Waals surface area contributed by atoms with E-state index in [2.05, 4.69) is 46.5 Å². The van der Waals surface area contributed by atoms with Crippen molar-refractivity contribution in [2.75, 3.05) is 20.7 Å². The molecule has 7 heteroatoms. The molecule has 0 radical (unpaired) electrons. The zero-order valence-electron chi connectivity index (χ0n) is 14.0. The predicted molar refractivity (Wildman–Crippen MR) is 103 cm³/mol. The fourth-order valence-corrected chi connectivity index (χ4v) is 2.96. The lowest BCUT2D eigenvalue weighted by atomic mass is 10.4. The van der Waals surface area contributed by atoms with E-state index in [0.717, 1.165) is 35.7 Å². The minimum absolute atomic E-state index is 0. The zero-order chi connectivity index (χ0) is 15.4. The van der Waals surface area contributed by atoms with Gasteiger partial charge in [0.2, 0.25) is 0 Å². The molecule has 5 nitrogen and oxygen atoms in total. The van der Waals surface area contributed by atoms with Gasteiger partial charge in [-0.3, -0.25) is 4.99 Å². The molecule has 1 fully saturated rings. The molecule has 1 aliphatic carbocycles. The monoisotopic (exact) mass is 438 g/mol. The third-order valence-electron chi connectivity index (χ3n) is 3.76. The summed E-state index contributed by atoms with van der Waals surface area (Å²) < 4.78 is 5.31. The molecule has 1 aromatic heterocycles. The molecule has 0 aliphatic heterocycles. The van der Waals surface area contributed by atoms with Crippen LogP contribution in [0.5, 0.6) is 0 Å². The van der Waals surface area contributed by atoms with Gasteiger partial charge in [0, 0.05) is 32.1 Å². The Morgan fingerprint density at radius 1 is 1.64 bits per heavy atom. The van der Waals surface area contributed by atoms with Crippen molar-refractivity contribution >= 4 is 41.3 Å². The third-order valence-corrected chi connectivity index (χ3v) is 4.82. The van der Waals surface area contributed by atoms with Crippen LogP contribution in [0.4, 0.5) is 0 Å². The summed E-state index contributed by atoms with van der Waals surface area (Å²) in [7, 11) is 3.78. The molecule has 1 aromatic rings. The number of hydrogen-bond donors (Lipinski definition) is 1. The number of aliphatic imine (C=N–C) groups is 1. The van der Waals surface area contributed by atoms with Crippen molar-refractivity contribution in [3.63, 3.8) is 0 Å². The second-order valence-electron chi connectivity index (χ2n) is 5.67. The van der Waals surface area contributed by atoms with E-state index in [1.165, 1.54) is 6.42 Å². The first-order valence-corrected chi connectivity index (χ1v) is 8.42. The molecule has 1 N–H and O–H groups in total. The summed E-state index contributed by atoms with van der Waals surface area (Å²) >= 11 is 1.65. The predicted octanol–water partition coefficient (Wildman–Crippen LogP) is 3.27. The first-order valence-electron chi connectivity index (χ1n) is 7.54. The highest BCUT2D eigenvalue weighted by atomic mass is 127. The molecule has 1 heterocycles.